The molecule has 0 saturated heterocycles. The predicted molar refractivity (Wildman–Crippen MR) is 126 cm³/mol. The summed E-state index contributed by atoms with van der Waals surface area (Å²) in [5.41, 5.74) is 1.33. The monoisotopic (exact) mass is 448 g/mol. The second-order valence-corrected chi connectivity index (χ2v) is 9.06. The summed E-state index contributed by atoms with van der Waals surface area (Å²) < 4.78 is 3.22. The van der Waals surface area contributed by atoms with Gasteiger partial charge in [0.15, 0.2) is 5.16 Å². The van der Waals surface area contributed by atoms with E-state index < -0.39 is 5.25 Å². The van der Waals surface area contributed by atoms with Crippen LogP contribution in [0.5, 0.6) is 0 Å². The molecule has 0 aliphatic carbocycles. The van der Waals surface area contributed by atoms with E-state index in [0.717, 1.165) is 5.56 Å². The van der Waals surface area contributed by atoms with Crippen LogP contribution >= 0.6 is 11.8 Å². The van der Waals surface area contributed by atoms with Crippen molar-refractivity contribution in [2.45, 2.75) is 44.1 Å². The van der Waals surface area contributed by atoms with Crippen LogP contribution in [-0.2, 0) is 4.79 Å². The lowest BCUT2D eigenvalue weighted by atomic mass is 10.2. The molecule has 4 rings (SSSR count). The van der Waals surface area contributed by atoms with Gasteiger partial charge in [0.25, 0.3) is 5.56 Å². The topological polar surface area (TPSA) is 94.7 Å². The molecule has 0 aliphatic rings. The summed E-state index contributed by atoms with van der Waals surface area (Å²) in [5, 5.41) is 7.56. The first kappa shape index (κ1) is 21.8. The van der Waals surface area contributed by atoms with Crippen molar-refractivity contribution >= 4 is 34.4 Å². The van der Waals surface area contributed by atoms with Gasteiger partial charge in [0.2, 0.25) is 5.91 Å². The van der Waals surface area contributed by atoms with Crippen molar-refractivity contribution in [2.75, 3.05) is 5.32 Å². The molecule has 4 aromatic rings. The molecule has 1 unspecified atom stereocenters. The van der Waals surface area contributed by atoms with E-state index in [2.05, 4.69) is 15.4 Å². The highest BCUT2D eigenvalue weighted by Crippen LogP contribution is 2.26. The lowest BCUT2D eigenvalue weighted by Crippen LogP contribution is -2.27. The summed E-state index contributed by atoms with van der Waals surface area (Å²) in [6.45, 7) is 7.71. The average molecular weight is 449 g/mol. The van der Waals surface area contributed by atoms with Crippen molar-refractivity contribution in [2.24, 2.45) is 0 Å². The first-order valence-electron chi connectivity index (χ1n) is 10.3. The number of nitrogens with one attached hydrogen (secondary N) is 1. The van der Waals surface area contributed by atoms with E-state index in [9.17, 15) is 9.59 Å². The first-order chi connectivity index (χ1) is 15.3. The Morgan fingerprint density at radius 1 is 1.09 bits per heavy atom. The van der Waals surface area contributed by atoms with Gasteiger partial charge in [0, 0.05) is 18.3 Å². The minimum Gasteiger partial charge on any atom is -0.310 e. The number of amides is 1. The number of hydrogen-bond acceptors (Lipinski definition) is 6. The van der Waals surface area contributed by atoms with E-state index in [1.54, 1.807) is 48.3 Å². The highest BCUT2D eigenvalue weighted by Gasteiger charge is 2.22. The number of anilines is 1. The maximum atomic E-state index is 13.3. The zero-order chi connectivity index (χ0) is 22.8. The number of carbonyl (C=O) groups is 1. The Kier molecular flexibility index (Phi) is 6.09. The lowest BCUT2D eigenvalue weighted by molar-refractivity contribution is -0.115. The Balaban J connectivity index is 1.71. The molecular weight excluding hydrogens is 424 g/mol. The highest BCUT2D eigenvalue weighted by atomic mass is 32.2. The molecule has 32 heavy (non-hydrogen) atoms. The molecular formula is C23H24N6O2S. The van der Waals surface area contributed by atoms with Gasteiger partial charge in [-0.25, -0.2) is 19.2 Å². The summed E-state index contributed by atoms with van der Waals surface area (Å²) in [5.74, 6) is 0.895. The number of benzene rings is 1. The van der Waals surface area contributed by atoms with Crippen LogP contribution in [0.25, 0.3) is 16.7 Å². The van der Waals surface area contributed by atoms with E-state index in [4.69, 9.17) is 4.98 Å². The molecule has 1 aromatic carbocycles. The molecule has 164 valence electrons. The molecule has 1 N–H and O–H groups in total. The van der Waals surface area contributed by atoms with Crippen molar-refractivity contribution in [3.8, 4) is 5.82 Å². The average Bonchev–Trinajstić information content (AvgIpc) is 3.22. The zero-order valence-electron chi connectivity index (χ0n) is 18.3. The van der Waals surface area contributed by atoms with Crippen LogP contribution in [0.3, 0.4) is 0 Å². The van der Waals surface area contributed by atoms with Crippen molar-refractivity contribution in [1.29, 1.82) is 0 Å². The van der Waals surface area contributed by atoms with Crippen LogP contribution in [0.1, 0.15) is 32.4 Å². The van der Waals surface area contributed by atoms with Gasteiger partial charge < -0.3 is 5.32 Å². The van der Waals surface area contributed by atoms with E-state index >= 15 is 0 Å². The maximum absolute atomic E-state index is 13.3. The van der Waals surface area contributed by atoms with Crippen LogP contribution in [0, 0.1) is 6.92 Å². The minimum atomic E-state index is -0.519. The van der Waals surface area contributed by atoms with Gasteiger partial charge >= 0.3 is 0 Å². The number of thioether (sulfide) groups is 1. The molecule has 0 fully saturated rings. The molecule has 0 saturated carbocycles. The number of para-hydroxylation sites is 1. The molecule has 8 nitrogen and oxygen atoms in total. The smallest absolute Gasteiger partial charge is 0.267 e. The van der Waals surface area contributed by atoms with Crippen LogP contribution in [0.15, 0.2) is 64.8 Å². The van der Waals surface area contributed by atoms with Crippen molar-refractivity contribution in [3.05, 3.63) is 70.8 Å². The number of hydrogen-bond donors (Lipinski definition) is 1. The number of nitrogens with zero attached hydrogens (tertiary/aromatic N) is 5. The molecule has 0 bridgehead atoms. The Labute approximate surface area is 189 Å². The summed E-state index contributed by atoms with van der Waals surface area (Å²) in [6, 6.07) is 12.7. The molecule has 9 heteroatoms. The molecule has 0 spiro atoms. The third kappa shape index (κ3) is 4.29. The van der Waals surface area contributed by atoms with E-state index in [-0.39, 0.29) is 17.5 Å². The van der Waals surface area contributed by atoms with Crippen LogP contribution < -0.4 is 10.9 Å². The fourth-order valence-corrected chi connectivity index (χ4v) is 4.22. The molecule has 1 amide bonds. The third-order valence-electron chi connectivity index (χ3n) is 4.94. The van der Waals surface area contributed by atoms with Gasteiger partial charge in [0.05, 0.1) is 22.3 Å². The Hall–Kier alpha value is -3.46. The molecule has 3 heterocycles. The Bertz CT molecular complexity index is 1340. The summed E-state index contributed by atoms with van der Waals surface area (Å²) >= 11 is 1.21. The van der Waals surface area contributed by atoms with Gasteiger partial charge in [-0.3, -0.25) is 9.59 Å². The highest BCUT2D eigenvalue weighted by molar-refractivity contribution is 8.00. The fourth-order valence-electron chi connectivity index (χ4n) is 3.30. The number of aromatic nitrogens is 5. The fraction of sp³-hybridized carbons (Fsp3) is 0.261. The van der Waals surface area contributed by atoms with Crippen molar-refractivity contribution < 1.29 is 4.79 Å². The molecule has 3 aromatic heterocycles. The molecule has 1 atom stereocenters. The normalized spacial score (nSPS) is 12.3. The number of pyridine rings is 1. The van der Waals surface area contributed by atoms with Gasteiger partial charge in [-0.1, -0.05) is 23.9 Å². The zero-order valence-corrected chi connectivity index (χ0v) is 19.1. The summed E-state index contributed by atoms with van der Waals surface area (Å²) in [6.07, 6.45) is 3.31. The van der Waals surface area contributed by atoms with E-state index in [1.165, 1.54) is 16.3 Å². The van der Waals surface area contributed by atoms with E-state index in [0.29, 0.717) is 27.7 Å². The van der Waals surface area contributed by atoms with Crippen molar-refractivity contribution in [1.82, 2.24) is 24.3 Å². The standard InChI is InChI=1S/C23H24N6O2S/c1-14(2)29-19(10-12-25-29)27-21(30)16(4)32-23-26-18-8-6-5-7-17(18)22(31)28(23)20-13-15(3)9-11-24-20/h5-14,16H,1-4H3,(H,27,30). The van der Waals surface area contributed by atoms with Gasteiger partial charge in [0.1, 0.15) is 11.6 Å². The van der Waals surface area contributed by atoms with Crippen LogP contribution in [0.2, 0.25) is 0 Å². The molecule has 0 aliphatic heterocycles. The van der Waals surface area contributed by atoms with Gasteiger partial charge in [-0.05, 0) is 57.5 Å². The second kappa shape index (κ2) is 8.96. The number of rotatable bonds is 6. The number of aryl methyl sites for hydroxylation is 1. The quantitative estimate of drug-likeness (QED) is 0.354. The number of carbonyl (C=O) groups excluding carboxylic acids is 1. The SMILES string of the molecule is Cc1ccnc(-n2c(SC(C)C(=O)Nc3ccnn3C(C)C)nc3ccccc3c2=O)c1. The largest absolute Gasteiger partial charge is 0.310 e. The van der Waals surface area contributed by atoms with Crippen molar-refractivity contribution in [3.63, 3.8) is 0 Å². The predicted octanol–water partition coefficient (Wildman–Crippen LogP) is 3.99. The summed E-state index contributed by atoms with van der Waals surface area (Å²) in [7, 11) is 0. The molecule has 0 radical (unpaired) electrons. The Morgan fingerprint density at radius 3 is 2.62 bits per heavy atom. The van der Waals surface area contributed by atoms with Crippen LogP contribution in [-0.4, -0.2) is 35.5 Å². The second-order valence-electron chi connectivity index (χ2n) is 7.75. The van der Waals surface area contributed by atoms with Crippen LogP contribution in [0.4, 0.5) is 5.82 Å². The summed E-state index contributed by atoms with van der Waals surface area (Å²) in [4.78, 5) is 35.4. The minimum absolute atomic E-state index is 0.114. The lowest BCUT2D eigenvalue weighted by Gasteiger charge is -2.17. The third-order valence-corrected chi connectivity index (χ3v) is 5.99. The first-order valence-corrected chi connectivity index (χ1v) is 11.2. The van der Waals surface area contributed by atoms with Gasteiger partial charge in [-0.2, -0.15) is 5.10 Å². The number of fused-ring (bicyclic) bond motifs is 1. The Morgan fingerprint density at radius 2 is 1.88 bits per heavy atom. The van der Waals surface area contributed by atoms with E-state index in [1.807, 2.05) is 39.0 Å². The maximum Gasteiger partial charge on any atom is 0.267 e. The van der Waals surface area contributed by atoms with Gasteiger partial charge in [-0.15, -0.1) is 0 Å².